The van der Waals surface area contributed by atoms with Crippen molar-refractivity contribution in [3.8, 4) is 0 Å². The van der Waals surface area contributed by atoms with E-state index in [0.29, 0.717) is 13.0 Å². The first-order chi connectivity index (χ1) is 8.52. The van der Waals surface area contributed by atoms with Crippen LogP contribution < -0.4 is 4.90 Å². The van der Waals surface area contributed by atoms with Crippen molar-refractivity contribution < 1.29 is 14.6 Å². The number of ether oxygens (including phenoxy) is 1. The number of halogens is 1. The normalized spacial score (nSPS) is 12.0. The van der Waals surface area contributed by atoms with Crippen LogP contribution in [0, 0.1) is 0 Å². The summed E-state index contributed by atoms with van der Waals surface area (Å²) in [5.74, 6) is -0.292. The molecule has 0 radical (unpaired) electrons. The first kappa shape index (κ1) is 15.0. The molecule has 100 valence electrons. The quantitative estimate of drug-likeness (QED) is 0.818. The summed E-state index contributed by atoms with van der Waals surface area (Å²) in [6, 6.07) is 7.84. The fourth-order valence-electron chi connectivity index (χ4n) is 1.61. The minimum absolute atomic E-state index is 0.240. The number of anilines is 1. The zero-order valence-electron chi connectivity index (χ0n) is 10.6. The van der Waals surface area contributed by atoms with Crippen LogP contribution in [0.5, 0.6) is 0 Å². The molecule has 0 saturated carbocycles. The Morgan fingerprint density at radius 3 is 2.89 bits per heavy atom. The Morgan fingerprint density at radius 1 is 1.56 bits per heavy atom. The average molecular weight is 316 g/mol. The van der Waals surface area contributed by atoms with Gasteiger partial charge in [-0.1, -0.05) is 22.0 Å². The van der Waals surface area contributed by atoms with Gasteiger partial charge in [0.15, 0.2) is 0 Å². The number of esters is 1. The number of hydrogen-bond donors (Lipinski definition) is 1. The van der Waals surface area contributed by atoms with E-state index in [2.05, 4.69) is 20.7 Å². The zero-order valence-corrected chi connectivity index (χ0v) is 12.2. The van der Waals surface area contributed by atoms with Gasteiger partial charge in [-0.3, -0.25) is 4.79 Å². The Balaban J connectivity index is 2.44. The summed E-state index contributed by atoms with van der Waals surface area (Å²) < 4.78 is 5.53. The number of hydrogen-bond acceptors (Lipinski definition) is 4. The number of aliphatic hydroxyl groups excluding tert-OH is 1. The monoisotopic (exact) mass is 315 g/mol. The maximum atomic E-state index is 11.0. The van der Waals surface area contributed by atoms with Crippen LogP contribution in [-0.4, -0.2) is 37.9 Å². The summed E-state index contributed by atoms with van der Waals surface area (Å²) in [5, 5.41) is 9.83. The van der Waals surface area contributed by atoms with Gasteiger partial charge >= 0.3 is 5.97 Å². The lowest BCUT2D eigenvalue weighted by molar-refractivity contribution is -0.141. The van der Waals surface area contributed by atoms with Crippen molar-refractivity contribution in [3.05, 3.63) is 28.7 Å². The SMILES string of the molecule is COC(=O)CCC(O)CN(C)c1cccc(Br)c1. The highest BCUT2D eigenvalue weighted by molar-refractivity contribution is 9.10. The molecule has 0 heterocycles. The third-order valence-corrected chi connectivity index (χ3v) is 3.14. The van der Waals surface area contributed by atoms with E-state index in [9.17, 15) is 9.90 Å². The smallest absolute Gasteiger partial charge is 0.305 e. The molecule has 0 saturated heterocycles. The lowest BCUT2D eigenvalue weighted by Crippen LogP contribution is -2.29. The number of aliphatic hydroxyl groups is 1. The summed E-state index contributed by atoms with van der Waals surface area (Å²) in [4.78, 5) is 12.9. The Hall–Kier alpha value is -1.07. The molecule has 4 nitrogen and oxygen atoms in total. The number of nitrogens with zero attached hydrogens (tertiary/aromatic N) is 1. The van der Waals surface area contributed by atoms with Crippen molar-refractivity contribution in [2.45, 2.75) is 18.9 Å². The minimum Gasteiger partial charge on any atom is -0.469 e. The number of carbonyl (C=O) groups is 1. The van der Waals surface area contributed by atoms with Crippen LogP contribution in [0.15, 0.2) is 28.7 Å². The van der Waals surface area contributed by atoms with Crippen LogP contribution >= 0.6 is 15.9 Å². The number of carbonyl (C=O) groups excluding carboxylic acids is 1. The molecule has 0 aliphatic carbocycles. The molecule has 1 aromatic rings. The molecule has 0 aromatic heterocycles. The van der Waals surface area contributed by atoms with Crippen molar-refractivity contribution in [3.63, 3.8) is 0 Å². The van der Waals surface area contributed by atoms with Crippen molar-refractivity contribution >= 4 is 27.6 Å². The predicted molar refractivity (Wildman–Crippen MR) is 74.7 cm³/mol. The van der Waals surface area contributed by atoms with Gasteiger partial charge in [-0.2, -0.15) is 0 Å². The summed E-state index contributed by atoms with van der Waals surface area (Å²) in [7, 11) is 3.26. The molecule has 1 atom stereocenters. The van der Waals surface area contributed by atoms with Gasteiger partial charge in [0.05, 0.1) is 13.2 Å². The van der Waals surface area contributed by atoms with Crippen molar-refractivity contribution in [1.82, 2.24) is 0 Å². The van der Waals surface area contributed by atoms with E-state index in [4.69, 9.17) is 0 Å². The summed E-state index contributed by atoms with van der Waals surface area (Å²) in [6.45, 7) is 0.480. The second-order valence-electron chi connectivity index (χ2n) is 4.13. The molecule has 18 heavy (non-hydrogen) atoms. The topological polar surface area (TPSA) is 49.8 Å². The number of methoxy groups -OCH3 is 1. The molecule has 0 aliphatic rings. The molecule has 0 aliphatic heterocycles. The van der Waals surface area contributed by atoms with E-state index >= 15 is 0 Å². The third-order valence-electron chi connectivity index (χ3n) is 2.64. The van der Waals surface area contributed by atoms with Gasteiger partial charge in [-0.15, -0.1) is 0 Å². The highest BCUT2D eigenvalue weighted by Crippen LogP contribution is 2.19. The van der Waals surface area contributed by atoms with E-state index in [1.54, 1.807) is 0 Å². The van der Waals surface area contributed by atoms with Crippen LogP contribution in [-0.2, 0) is 9.53 Å². The number of rotatable bonds is 6. The van der Waals surface area contributed by atoms with E-state index in [1.807, 2.05) is 36.2 Å². The van der Waals surface area contributed by atoms with Gasteiger partial charge in [0.1, 0.15) is 0 Å². The maximum absolute atomic E-state index is 11.0. The van der Waals surface area contributed by atoms with E-state index in [0.717, 1.165) is 10.2 Å². The standard InChI is InChI=1S/C13H18BrNO3/c1-15(11-5-3-4-10(14)8-11)9-12(16)6-7-13(17)18-2/h3-5,8,12,16H,6-7,9H2,1-2H3. The Labute approximate surface area is 116 Å². The van der Waals surface area contributed by atoms with Gasteiger partial charge in [-0.25, -0.2) is 0 Å². The summed E-state index contributed by atoms with van der Waals surface area (Å²) in [5.41, 5.74) is 1.02. The van der Waals surface area contributed by atoms with Crippen molar-refractivity contribution in [2.24, 2.45) is 0 Å². The molecule has 1 aromatic carbocycles. The van der Waals surface area contributed by atoms with Crippen LogP contribution in [0.3, 0.4) is 0 Å². The Bertz CT molecular complexity index is 398. The second kappa shape index (κ2) is 7.38. The average Bonchev–Trinajstić information content (AvgIpc) is 2.35. The highest BCUT2D eigenvalue weighted by Gasteiger charge is 2.11. The molecular formula is C13H18BrNO3. The molecule has 5 heteroatoms. The third kappa shape index (κ3) is 5.06. The van der Waals surface area contributed by atoms with E-state index in [-0.39, 0.29) is 12.4 Å². The lowest BCUT2D eigenvalue weighted by atomic mass is 10.2. The maximum Gasteiger partial charge on any atom is 0.305 e. The van der Waals surface area contributed by atoms with Gasteiger partial charge in [-0.05, 0) is 24.6 Å². The molecule has 0 bridgehead atoms. The first-order valence-corrected chi connectivity index (χ1v) is 6.54. The fourth-order valence-corrected chi connectivity index (χ4v) is 2.00. The molecular weight excluding hydrogens is 298 g/mol. The van der Waals surface area contributed by atoms with Crippen LogP contribution in [0.1, 0.15) is 12.8 Å². The molecule has 0 spiro atoms. The van der Waals surface area contributed by atoms with Gasteiger partial charge < -0.3 is 14.7 Å². The van der Waals surface area contributed by atoms with E-state index in [1.165, 1.54) is 7.11 Å². The summed E-state index contributed by atoms with van der Waals surface area (Å²) in [6.07, 6.45) is 0.0998. The van der Waals surface area contributed by atoms with Crippen molar-refractivity contribution in [2.75, 3.05) is 25.6 Å². The first-order valence-electron chi connectivity index (χ1n) is 5.74. The van der Waals surface area contributed by atoms with Crippen molar-refractivity contribution in [1.29, 1.82) is 0 Å². The predicted octanol–water partition coefficient (Wildman–Crippen LogP) is 2.20. The van der Waals surface area contributed by atoms with Crippen LogP contribution in [0.2, 0.25) is 0 Å². The molecule has 0 fully saturated rings. The minimum atomic E-state index is -0.548. The zero-order chi connectivity index (χ0) is 13.5. The second-order valence-corrected chi connectivity index (χ2v) is 5.04. The Kier molecular flexibility index (Phi) is 6.15. The number of likely N-dealkylation sites (N-methyl/N-ethyl adjacent to an activating group) is 1. The molecule has 1 N–H and O–H groups in total. The molecule has 1 rings (SSSR count). The Morgan fingerprint density at radius 2 is 2.28 bits per heavy atom. The van der Waals surface area contributed by atoms with Gasteiger partial charge in [0.2, 0.25) is 0 Å². The van der Waals surface area contributed by atoms with Crippen LogP contribution in [0.25, 0.3) is 0 Å². The lowest BCUT2D eigenvalue weighted by Gasteiger charge is -2.22. The van der Waals surface area contributed by atoms with Gasteiger partial charge in [0.25, 0.3) is 0 Å². The molecule has 0 amide bonds. The fraction of sp³-hybridized carbons (Fsp3) is 0.462. The van der Waals surface area contributed by atoms with E-state index < -0.39 is 6.10 Å². The number of benzene rings is 1. The summed E-state index contributed by atoms with van der Waals surface area (Å²) >= 11 is 3.41. The highest BCUT2D eigenvalue weighted by atomic mass is 79.9. The largest absolute Gasteiger partial charge is 0.469 e. The molecule has 1 unspecified atom stereocenters. The van der Waals surface area contributed by atoms with Gasteiger partial charge in [0, 0.05) is 30.2 Å². The van der Waals surface area contributed by atoms with Crippen LogP contribution in [0.4, 0.5) is 5.69 Å².